The van der Waals surface area contributed by atoms with E-state index >= 15 is 0 Å². The molecular formula is C16H20N2O. The van der Waals surface area contributed by atoms with Gasteiger partial charge in [0.2, 0.25) is 0 Å². The fourth-order valence-corrected chi connectivity index (χ4v) is 2.02. The van der Waals surface area contributed by atoms with E-state index in [1.807, 2.05) is 30.3 Å². The lowest BCUT2D eigenvalue weighted by Crippen LogP contribution is -2.30. The number of aliphatic hydroxyl groups excluding tert-OH is 1. The minimum atomic E-state index is 0.0484. The zero-order valence-corrected chi connectivity index (χ0v) is 11.5. The molecule has 3 heteroatoms. The van der Waals surface area contributed by atoms with E-state index in [0.717, 1.165) is 17.9 Å². The third-order valence-corrected chi connectivity index (χ3v) is 3.11. The Hall–Kier alpha value is -1.87. The van der Waals surface area contributed by atoms with Crippen LogP contribution in [0.3, 0.4) is 0 Å². The van der Waals surface area contributed by atoms with Crippen LogP contribution in [0, 0.1) is 0 Å². The van der Waals surface area contributed by atoms with Crippen LogP contribution in [-0.2, 0) is 13.2 Å². The molecule has 100 valence electrons. The van der Waals surface area contributed by atoms with Crippen molar-refractivity contribution in [3.8, 4) is 0 Å². The zero-order valence-electron chi connectivity index (χ0n) is 11.5. The summed E-state index contributed by atoms with van der Waals surface area (Å²) in [6.45, 7) is 5.17. The van der Waals surface area contributed by atoms with Gasteiger partial charge in [-0.05, 0) is 37.1 Å². The molecule has 1 aromatic heterocycles. The number of aliphatic hydroxyl groups is 1. The minimum absolute atomic E-state index is 0.0484. The zero-order chi connectivity index (χ0) is 13.7. The normalized spacial score (nSPS) is 10.7. The number of hydrogen-bond acceptors (Lipinski definition) is 3. The van der Waals surface area contributed by atoms with E-state index in [1.165, 1.54) is 5.56 Å². The van der Waals surface area contributed by atoms with Gasteiger partial charge in [0.05, 0.1) is 6.61 Å². The molecule has 0 atom stereocenters. The van der Waals surface area contributed by atoms with Crippen LogP contribution >= 0.6 is 0 Å². The van der Waals surface area contributed by atoms with Crippen LogP contribution in [0.4, 0.5) is 5.82 Å². The number of hydrogen-bond donors (Lipinski definition) is 1. The van der Waals surface area contributed by atoms with Gasteiger partial charge in [0.1, 0.15) is 5.82 Å². The molecule has 0 aliphatic carbocycles. The molecule has 0 aliphatic rings. The number of nitrogens with zero attached hydrogens (tertiary/aromatic N) is 2. The summed E-state index contributed by atoms with van der Waals surface area (Å²) in [6, 6.07) is 14.5. The van der Waals surface area contributed by atoms with E-state index < -0.39 is 0 Å². The third-order valence-electron chi connectivity index (χ3n) is 3.11. The number of anilines is 1. The topological polar surface area (TPSA) is 36.4 Å². The lowest BCUT2D eigenvalue weighted by molar-refractivity contribution is 0.281. The van der Waals surface area contributed by atoms with Crippen molar-refractivity contribution in [3.63, 3.8) is 0 Å². The Kier molecular flexibility index (Phi) is 4.53. The van der Waals surface area contributed by atoms with Crippen molar-refractivity contribution in [1.82, 2.24) is 4.98 Å². The molecule has 1 heterocycles. The van der Waals surface area contributed by atoms with Gasteiger partial charge in [-0.1, -0.05) is 30.3 Å². The first-order valence-corrected chi connectivity index (χ1v) is 6.57. The van der Waals surface area contributed by atoms with Crippen LogP contribution < -0.4 is 4.90 Å². The molecule has 0 spiro atoms. The van der Waals surface area contributed by atoms with E-state index in [9.17, 15) is 5.11 Å². The van der Waals surface area contributed by atoms with Crippen molar-refractivity contribution in [2.75, 3.05) is 4.90 Å². The van der Waals surface area contributed by atoms with Crippen molar-refractivity contribution in [3.05, 3.63) is 59.8 Å². The molecule has 0 bridgehead atoms. The summed E-state index contributed by atoms with van der Waals surface area (Å²) >= 11 is 0. The molecule has 0 saturated heterocycles. The van der Waals surface area contributed by atoms with Gasteiger partial charge in [0.25, 0.3) is 0 Å². The second-order valence-corrected chi connectivity index (χ2v) is 4.89. The predicted molar refractivity (Wildman–Crippen MR) is 77.9 cm³/mol. The lowest BCUT2D eigenvalue weighted by atomic mass is 10.1. The van der Waals surface area contributed by atoms with E-state index in [0.29, 0.717) is 6.04 Å². The molecule has 19 heavy (non-hydrogen) atoms. The van der Waals surface area contributed by atoms with E-state index in [1.54, 1.807) is 6.20 Å². The summed E-state index contributed by atoms with van der Waals surface area (Å²) in [4.78, 5) is 6.65. The SMILES string of the molecule is CC(C)N(Cc1ccccc1)c1cc(CO)ccn1. The number of aromatic nitrogens is 1. The van der Waals surface area contributed by atoms with Gasteiger partial charge in [-0.3, -0.25) is 0 Å². The first kappa shape index (κ1) is 13.6. The summed E-state index contributed by atoms with van der Waals surface area (Å²) < 4.78 is 0. The number of rotatable bonds is 5. The summed E-state index contributed by atoms with van der Waals surface area (Å²) in [5.74, 6) is 0.908. The van der Waals surface area contributed by atoms with Crippen molar-refractivity contribution < 1.29 is 5.11 Å². The Morgan fingerprint density at radius 1 is 1.11 bits per heavy atom. The Labute approximate surface area is 114 Å². The molecule has 2 rings (SSSR count). The first-order chi connectivity index (χ1) is 9.20. The fraction of sp³-hybridized carbons (Fsp3) is 0.312. The summed E-state index contributed by atoms with van der Waals surface area (Å²) in [5.41, 5.74) is 2.15. The highest BCUT2D eigenvalue weighted by molar-refractivity contribution is 5.42. The smallest absolute Gasteiger partial charge is 0.129 e. The van der Waals surface area contributed by atoms with Crippen LogP contribution in [0.2, 0.25) is 0 Å². The van der Waals surface area contributed by atoms with Crippen molar-refractivity contribution in [1.29, 1.82) is 0 Å². The van der Waals surface area contributed by atoms with Gasteiger partial charge in [-0.15, -0.1) is 0 Å². The molecule has 0 unspecified atom stereocenters. The second-order valence-electron chi connectivity index (χ2n) is 4.89. The second kappa shape index (κ2) is 6.34. The highest BCUT2D eigenvalue weighted by Crippen LogP contribution is 2.18. The molecule has 2 aromatic rings. The summed E-state index contributed by atoms with van der Waals surface area (Å²) in [6.07, 6.45) is 1.75. The average Bonchev–Trinajstić information content (AvgIpc) is 2.45. The molecule has 0 amide bonds. The third kappa shape index (κ3) is 3.55. The quantitative estimate of drug-likeness (QED) is 0.893. The van der Waals surface area contributed by atoms with Gasteiger partial charge in [-0.2, -0.15) is 0 Å². The average molecular weight is 256 g/mol. The Morgan fingerprint density at radius 2 is 1.84 bits per heavy atom. The van der Waals surface area contributed by atoms with Crippen LogP contribution in [-0.4, -0.2) is 16.1 Å². The van der Waals surface area contributed by atoms with E-state index in [-0.39, 0.29) is 6.61 Å². The van der Waals surface area contributed by atoms with Crippen LogP contribution in [0.25, 0.3) is 0 Å². The molecule has 1 N–H and O–H groups in total. The van der Waals surface area contributed by atoms with Crippen molar-refractivity contribution >= 4 is 5.82 Å². The minimum Gasteiger partial charge on any atom is -0.392 e. The number of benzene rings is 1. The van der Waals surface area contributed by atoms with Gasteiger partial charge in [-0.25, -0.2) is 4.98 Å². The van der Waals surface area contributed by atoms with Crippen LogP contribution in [0.1, 0.15) is 25.0 Å². The number of pyridine rings is 1. The van der Waals surface area contributed by atoms with Gasteiger partial charge in [0.15, 0.2) is 0 Å². The van der Waals surface area contributed by atoms with Crippen molar-refractivity contribution in [2.45, 2.75) is 33.0 Å². The summed E-state index contributed by atoms with van der Waals surface area (Å²) in [7, 11) is 0. The van der Waals surface area contributed by atoms with Crippen LogP contribution in [0.5, 0.6) is 0 Å². The van der Waals surface area contributed by atoms with Crippen molar-refractivity contribution in [2.24, 2.45) is 0 Å². The van der Waals surface area contributed by atoms with E-state index in [2.05, 4.69) is 35.9 Å². The lowest BCUT2D eigenvalue weighted by Gasteiger charge is -2.28. The molecule has 0 radical (unpaired) electrons. The predicted octanol–water partition coefficient (Wildman–Crippen LogP) is 2.99. The standard InChI is InChI=1S/C16H20N2O/c1-13(2)18(11-14-6-4-3-5-7-14)16-10-15(12-19)8-9-17-16/h3-10,13,19H,11-12H2,1-2H3. The largest absolute Gasteiger partial charge is 0.392 e. The van der Waals surface area contributed by atoms with Crippen LogP contribution in [0.15, 0.2) is 48.7 Å². The molecule has 0 aliphatic heterocycles. The van der Waals surface area contributed by atoms with E-state index in [4.69, 9.17) is 0 Å². The maximum Gasteiger partial charge on any atom is 0.129 e. The van der Waals surface area contributed by atoms with Gasteiger partial charge < -0.3 is 10.0 Å². The monoisotopic (exact) mass is 256 g/mol. The van der Waals surface area contributed by atoms with Gasteiger partial charge >= 0.3 is 0 Å². The summed E-state index contributed by atoms with van der Waals surface area (Å²) in [5, 5.41) is 9.23. The molecular weight excluding hydrogens is 236 g/mol. The maximum absolute atomic E-state index is 9.23. The highest BCUT2D eigenvalue weighted by atomic mass is 16.3. The highest BCUT2D eigenvalue weighted by Gasteiger charge is 2.12. The maximum atomic E-state index is 9.23. The molecule has 1 aromatic carbocycles. The molecule has 0 saturated carbocycles. The Morgan fingerprint density at radius 3 is 2.47 bits per heavy atom. The Bertz CT molecular complexity index is 511. The first-order valence-electron chi connectivity index (χ1n) is 6.57. The fourth-order valence-electron chi connectivity index (χ4n) is 2.02. The Balaban J connectivity index is 2.24. The molecule has 0 fully saturated rings. The molecule has 3 nitrogen and oxygen atoms in total. The van der Waals surface area contributed by atoms with Gasteiger partial charge in [0, 0.05) is 18.8 Å².